The Morgan fingerprint density at radius 2 is 2.54 bits per heavy atom. The van der Waals surface area contributed by atoms with Crippen LogP contribution >= 0.6 is 18.9 Å². The van der Waals surface area contributed by atoms with E-state index in [0.29, 0.717) is 4.96 Å². The Kier molecular flexibility index (Phi) is 1.67. The first-order valence-electron chi connectivity index (χ1n) is 3.16. The Labute approximate surface area is 76.2 Å². The highest BCUT2D eigenvalue weighted by Crippen LogP contribution is 2.28. The van der Waals surface area contributed by atoms with Crippen molar-refractivity contribution in [3.05, 3.63) is 11.7 Å². The molecule has 13 heavy (non-hydrogen) atoms. The van der Waals surface area contributed by atoms with E-state index in [1.807, 2.05) is 0 Å². The molecule has 0 amide bonds. The number of aromatic nitrogens is 3. The molecule has 0 aliphatic rings. The third-order valence-electron chi connectivity index (χ3n) is 1.47. The number of nitrogens with two attached hydrogens (primary N) is 1. The zero-order chi connectivity index (χ0) is 9.64. The van der Waals surface area contributed by atoms with Crippen molar-refractivity contribution in [3.8, 4) is 0 Å². The Morgan fingerprint density at radius 1 is 1.85 bits per heavy atom. The molecule has 0 bridgehead atoms. The average molecular weight is 220 g/mol. The highest BCUT2D eigenvalue weighted by Gasteiger charge is 2.22. The molecular weight excluding hydrogens is 215 g/mol. The van der Waals surface area contributed by atoms with Crippen LogP contribution in [0.15, 0.2) is 11.7 Å². The molecule has 7 nitrogen and oxygen atoms in total. The molecule has 0 spiro atoms. The van der Waals surface area contributed by atoms with E-state index in [-0.39, 0.29) is 5.44 Å². The van der Waals surface area contributed by atoms with Gasteiger partial charge in [-0.05, 0) is 0 Å². The number of hydrogen-bond acceptors (Lipinski definition) is 5. The standard InChI is InChI=1S/C4H5N4O3PS/c5-7-2-6-8-3(12(9,10)11)1-13-4(7)8/h1-2H,5H2,(H-,9,10,11). The van der Waals surface area contributed by atoms with Gasteiger partial charge in [0.25, 0.3) is 6.33 Å². The zero-order valence-corrected chi connectivity index (χ0v) is 7.90. The van der Waals surface area contributed by atoms with E-state index in [0.717, 1.165) is 15.9 Å². The first-order valence-corrected chi connectivity index (χ1v) is 5.62. The van der Waals surface area contributed by atoms with Gasteiger partial charge in [-0.3, -0.25) is 5.84 Å². The van der Waals surface area contributed by atoms with Crippen molar-refractivity contribution in [2.24, 2.45) is 0 Å². The van der Waals surface area contributed by atoms with Crippen LogP contribution in [0.5, 0.6) is 0 Å². The fraction of sp³-hybridized carbons (Fsp3) is 0. The lowest BCUT2D eigenvalue weighted by Gasteiger charge is -2.09. The second-order valence-electron chi connectivity index (χ2n) is 2.35. The van der Waals surface area contributed by atoms with Crippen molar-refractivity contribution in [2.75, 3.05) is 5.84 Å². The summed E-state index contributed by atoms with van der Waals surface area (Å²) in [4.78, 5) is 20.0. The van der Waals surface area contributed by atoms with Gasteiger partial charge in [0.1, 0.15) is 0 Å². The third kappa shape index (κ3) is 1.24. The van der Waals surface area contributed by atoms with Gasteiger partial charge in [0.2, 0.25) is 5.44 Å². The summed E-state index contributed by atoms with van der Waals surface area (Å²) in [5, 5.41) is 4.95. The highest BCUT2D eigenvalue weighted by atomic mass is 32.1. The predicted octanol–water partition coefficient (Wildman–Crippen LogP) is -2.43. The van der Waals surface area contributed by atoms with E-state index in [1.165, 1.54) is 16.4 Å². The van der Waals surface area contributed by atoms with Crippen molar-refractivity contribution in [1.82, 2.24) is 9.61 Å². The molecule has 0 aliphatic heterocycles. The molecule has 2 rings (SSSR count). The van der Waals surface area contributed by atoms with Gasteiger partial charge in [0, 0.05) is 10.5 Å². The molecule has 2 aromatic heterocycles. The van der Waals surface area contributed by atoms with Crippen molar-refractivity contribution >= 4 is 29.3 Å². The lowest BCUT2D eigenvalue weighted by molar-refractivity contribution is -0.610. The molecule has 0 saturated heterocycles. The van der Waals surface area contributed by atoms with Crippen LogP contribution < -0.4 is 20.8 Å². The minimum absolute atomic E-state index is 0.253. The van der Waals surface area contributed by atoms with Crippen LogP contribution in [-0.4, -0.2) is 14.5 Å². The quantitative estimate of drug-likeness (QED) is 0.315. The summed E-state index contributed by atoms with van der Waals surface area (Å²) < 4.78 is 13.0. The van der Waals surface area contributed by atoms with Gasteiger partial charge in [-0.25, -0.2) is 0 Å². The summed E-state index contributed by atoms with van der Waals surface area (Å²) in [6.45, 7) is 0. The Morgan fingerprint density at radius 3 is 3.15 bits per heavy atom. The van der Waals surface area contributed by atoms with Crippen LogP contribution in [0.1, 0.15) is 0 Å². The maximum atomic E-state index is 10.8. The Balaban J connectivity index is 2.79. The molecule has 3 N–H and O–H groups in total. The average Bonchev–Trinajstić information content (AvgIpc) is 2.51. The topological polar surface area (TPSA) is 108 Å². The van der Waals surface area contributed by atoms with Crippen LogP contribution in [0.25, 0.3) is 4.96 Å². The fourth-order valence-electron chi connectivity index (χ4n) is 0.925. The van der Waals surface area contributed by atoms with Crippen molar-refractivity contribution in [2.45, 2.75) is 0 Å². The number of thiazole rings is 1. The maximum absolute atomic E-state index is 10.8. The molecule has 70 valence electrons. The van der Waals surface area contributed by atoms with Gasteiger partial charge >= 0.3 is 4.96 Å². The lowest BCUT2D eigenvalue weighted by Crippen LogP contribution is -2.42. The van der Waals surface area contributed by atoms with Crippen LogP contribution in [0, 0.1) is 0 Å². The summed E-state index contributed by atoms with van der Waals surface area (Å²) in [6, 6.07) is 0. The number of fused-ring (bicyclic) bond motifs is 1. The molecule has 1 unspecified atom stereocenters. The smallest absolute Gasteiger partial charge is 0.346 e. The van der Waals surface area contributed by atoms with Crippen LogP contribution in [-0.2, 0) is 4.57 Å². The second kappa shape index (κ2) is 2.52. The molecule has 0 aromatic carbocycles. The molecule has 9 heteroatoms. The summed E-state index contributed by atoms with van der Waals surface area (Å²) in [5.41, 5.74) is -0.253. The molecular formula is C4H5N4O3PS. The lowest BCUT2D eigenvalue weighted by atomic mass is 11.0. The van der Waals surface area contributed by atoms with Crippen molar-refractivity contribution in [1.29, 1.82) is 0 Å². The summed E-state index contributed by atoms with van der Waals surface area (Å²) in [7, 11) is -4.51. The molecule has 0 saturated carbocycles. The van der Waals surface area contributed by atoms with E-state index >= 15 is 0 Å². The summed E-state index contributed by atoms with van der Waals surface area (Å²) in [6.07, 6.45) is 1.25. The first-order chi connectivity index (χ1) is 6.00. The fourth-order valence-corrected chi connectivity index (χ4v) is 2.79. The van der Waals surface area contributed by atoms with Gasteiger partial charge < -0.3 is 14.4 Å². The second-order valence-corrected chi connectivity index (χ2v) is 4.68. The highest BCUT2D eigenvalue weighted by molar-refractivity contribution is 7.59. The van der Waals surface area contributed by atoms with E-state index in [1.54, 1.807) is 0 Å². The van der Waals surface area contributed by atoms with Crippen LogP contribution in [0.2, 0.25) is 0 Å². The minimum atomic E-state index is -4.51. The Bertz CT molecular complexity index is 498. The van der Waals surface area contributed by atoms with Gasteiger partial charge in [-0.1, -0.05) is 15.9 Å². The van der Waals surface area contributed by atoms with Gasteiger partial charge in [-0.15, -0.1) is 4.68 Å². The summed E-state index contributed by atoms with van der Waals surface area (Å²) >= 11 is 1.08. The number of nitrogens with zero attached hydrogens (tertiary/aromatic N) is 3. The van der Waals surface area contributed by atoms with E-state index in [4.69, 9.17) is 10.7 Å². The van der Waals surface area contributed by atoms with Gasteiger partial charge in [-0.2, -0.15) is 0 Å². The maximum Gasteiger partial charge on any atom is 0.346 e. The molecule has 0 radical (unpaired) electrons. The minimum Gasteiger partial charge on any atom is -0.773 e. The van der Waals surface area contributed by atoms with E-state index in [9.17, 15) is 9.46 Å². The number of nitrogen functional groups attached to an aromatic ring is 1. The predicted molar refractivity (Wildman–Crippen MR) is 42.9 cm³/mol. The first kappa shape index (κ1) is 8.64. The largest absolute Gasteiger partial charge is 0.773 e. The van der Waals surface area contributed by atoms with Crippen LogP contribution in [0.4, 0.5) is 0 Å². The normalized spacial score (nSPS) is 16.2. The number of hydrogen-bond donors (Lipinski definition) is 2. The third-order valence-corrected chi connectivity index (χ3v) is 3.48. The summed E-state index contributed by atoms with van der Waals surface area (Å²) in [5.74, 6) is 5.40. The SMILES string of the molecule is N[n+]1cnn2c(P(=O)([O-])O)csc21. The number of rotatable bonds is 1. The van der Waals surface area contributed by atoms with E-state index in [2.05, 4.69) is 5.10 Å². The Hall–Kier alpha value is -0.950. The monoisotopic (exact) mass is 220 g/mol. The van der Waals surface area contributed by atoms with Crippen molar-refractivity contribution < 1.29 is 19.0 Å². The zero-order valence-electron chi connectivity index (χ0n) is 6.19. The molecule has 1 atom stereocenters. The molecule has 0 fully saturated rings. The van der Waals surface area contributed by atoms with Gasteiger partial charge in [0.05, 0.1) is 0 Å². The van der Waals surface area contributed by atoms with Crippen molar-refractivity contribution in [3.63, 3.8) is 0 Å². The molecule has 2 aromatic rings. The van der Waals surface area contributed by atoms with Gasteiger partial charge in [0.15, 0.2) is 7.60 Å². The van der Waals surface area contributed by atoms with E-state index < -0.39 is 7.60 Å². The molecule has 2 heterocycles. The molecule has 0 aliphatic carbocycles. The van der Waals surface area contributed by atoms with Crippen LogP contribution in [0.3, 0.4) is 0 Å².